The highest BCUT2D eigenvalue weighted by Crippen LogP contribution is 2.38. The maximum absolute atomic E-state index is 12.8. The molecule has 0 aromatic heterocycles. The van der Waals surface area contributed by atoms with Crippen LogP contribution in [-0.4, -0.2) is 21.0 Å². The summed E-state index contributed by atoms with van der Waals surface area (Å²) in [5.41, 5.74) is 2.44. The number of ketones is 1. The maximum Gasteiger partial charge on any atom is 0.313 e. The van der Waals surface area contributed by atoms with Gasteiger partial charge in [-0.05, 0) is 17.7 Å². The zero-order valence-electron chi connectivity index (χ0n) is 16.7. The summed E-state index contributed by atoms with van der Waals surface area (Å²) in [5, 5.41) is 0. The van der Waals surface area contributed by atoms with Crippen molar-refractivity contribution < 1.29 is 35.7 Å². The number of Topliss-reactive ketones (excluding diaryl/α,β-unsaturated/α-hetero) is 1. The summed E-state index contributed by atoms with van der Waals surface area (Å²) in [6.45, 7) is -0.0276. The Morgan fingerprint density at radius 3 is 2.70 bits per heavy atom. The average molecular weight is 392 g/mol. The molecule has 0 saturated carbocycles. The molecule has 2 heterocycles. The summed E-state index contributed by atoms with van der Waals surface area (Å²) in [5.74, 6) is -2.24. The smallest absolute Gasteiger partial charge is 0.313 e. The number of ether oxygens (including phenoxy) is 3. The van der Waals surface area contributed by atoms with Crippen molar-refractivity contribution in [2.45, 2.75) is 11.8 Å². The lowest BCUT2D eigenvalue weighted by Crippen LogP contribution is -2.16. The fraction of sp³-hybridized carbons (Fsp3) is 0.167. The summed E-state index contributed by atoms with van der Waals surface area (Å²) < 4.78 is 69.9. The van der Waals surface area contributed by atoms with Gasteiger partial charge >= 0.3 is 10.1 Å². The highest BCUT2D eigenvalue weighted by atomic mass is 32.2. The van der Waals surface area contributed by atoms with Gasteiger partial charge in [0.25, 0.3) is 0 Å². The zero-order chi connectivity index (χ0) is 21.7. The van der Waals surface area contributed by atoms with Crippen molar-refractivity contribution >= 4 is 15.9 Å². The van der Waals surface area contributed by atoms with Crippen LogP contribution in [0.15, 0.2) is 60.2 Å². The summed E-state index contributed by atoms with van der Waals surface area (Å²) >= 11 is 0. The molecule has 8 nitrogen and oxygen atoms in total. The molecule has 2 aliphatic rings. The Bertz CT molecular complexity index is 1170. The highest BCUT2D eigenvalue weighted by molar-refractivity contribution is 7.86. The van der Waals surface area contributed by atoms with E-state index in [4.69, 9.17) is 28.2 Å². The van der Waals surface area contributed by atoms with Gasteiger partial charge in [-0.3, -0.25) is 4.79 Å². The van der Waals surface area contributed by atoms with Crippen molar-refractivity contribution in [2.75, 3.05) is 6.79 Å². The molecule has 2 aliphatic heterocycles. The molecule has 9 heteroatoms. The molecule has 0 bridgehead atoms. The molecular weight excluding hydrogens is 374 g/mol. The van der Waals surface area contributed by atoms with Gasteiger partial charge in [0, 0.05) is 5.56 Å². The van der Waals surface area contributed by atoms with Gasteiger partial charge in [-0.15, -0.1) is 0 Å². The van der Waals surface area contributed by atoms with E-state index in [1.165, 1.54) is 42.5 Å². The lowest BCUT2D eigenvalue weighted by molar-refractivity contribution is -0.123. The van der Waals surface area contributed by atoms with Crippen molar-refractivity contribution in [3.8, 4) is 11.5 Å². The van der Waals surface area contributed by atoms with Crippen LogP contribution in [0.4, 0.5) is 0 Å². The second-order valence-electron chi connectivity index (χ2n) is 5.53. The van der Waals surface area contributed by atoms with Gasteiger partial charge in [-0.2, -0.15) is 8.42 Å². The molecule has 1 unspecified atom stereocenters. The molecule has 27 heavy (non-hydrogen) atoms. The molecular formula is C18H15NO7S. The molecule has 1 atom stereocenters. The molecule has 2 N–H and O–H groups in total. The first-order valence-electron chi connectivity index (χ1n) is 9.19. The maximum atomic E-state index is 12.8. The first-order valence-corrected chi connectivity index (χ1v) is 9.10. The van der Waals surface area contributed by atoms with Gasteiger partial charge in [0.15, 0.2) is 17.6 Å². The van der Waals surface area contributed by atoms with E-state index in [2.05, 4.69) is 0 Å². The minimum absolute atomic E-state index is 0.00164. The Balaban J connectivity index is 1.64. The number of nitrogens with two attached hydrogens (primary N) is 1. The van der Waals surface area contributed by atoms with E-state index in [9.17, 15) is 13.2 Å². The van der Waals surface area contributed by atoms with Crippen LogP contribution in [-0.2, 0) is 29.5 Å². The minimum Gasteiger partial charge on any atom is -0.460 e. The van der Waals surface area contributed by atoms with E-state index in [0.717, 1.165) is 0 Å². The van der Waals surface area contributed by atoms with Crippen molar-refractivity contribution in [3.05, 3.63) is 71.3 Å². The Hall–Kier alpha value is -3.20. The van der Waals surface area contributed by atoms with E-state index in [1.54, 1.807) is 6.07 Å². The third-order valence-electron chi connectivity index (χ3n) is 3.69. The molecule has 0 aliphatic carbocycles. The lowest BCUT2D eigenvalue weighted by atomic mass is 10.1. The SMILES string of the molecule is [2H]C1(c2ccc3c(c2)OCO3)OC(N)=C(OS(=O)(=O)C([2H])([2H])c2ccccc2)C1=O. The van der Waals surface area contributed by atoms with Crippen LogP contribution < -0.4 is 15.2 Å². The monoisotopic (exact) mass is 392 g/mol. The van der Waals surface area contributed by atoms with Gasteiger partial charge < -0.3 is 24.1 Å². The summed E-state index contributed by atoms with van der Waals surface area (Å²) in [6.07, 6.45) is -2.44. The third kappa shape index (κ3) is 3.41. The Kier molecular flexibility index (Phi) is 3.36. The number of hydrogen-bond acceptors (Lipinski definition) is 8. The van der Waals surface area contributed by atoms with Crippen molar-refractivity contribution in [3.63, 3.8) is 0 Å². The molecule has 4 rings (SSSR count). The van der Waals surface area contributed by atoms with Crippen LogP contribution in [0.1, 0.15) is 21.3 Å². The van der Waals surface area contributed by atoms with E-state index in [-0.39, 0.29) is 23.7 Å². The molecule has 140 valence electrons. The number of carbonyl (C=O) groups excluding carboxylic acids is 1. The van der Waals surface area contributed by atoms with Gasteiger partial charge in [-0.1, -0.05) is 36.4 Å². The summed E-state index contributed by atoms with van der Waals surface area (Å²) in [6, 6.07) is 11.2. The minimum atomic E-state index is -5.04. The van der Waals surface area contributed by atoms with Crippen molar-refractivity contribution in [1.82, 2.24) is 0 Å². The van der Waals surface area contributed by atoms with Crippen LogP contribution in [0.5, 0.6) is 11.5 Å². The summed E-state index contributed by atoms with van der Waals surface area (Å²) in [7, 11) is -5.04. The van der Waals surface area contributed by atoms with Crippen LogP contribution in [0.25, 0.3) is 0 Å². The molecule has 2 aromatic rings. The summed E-state index contributed by atoms with van der Waals surface area (Å²) in [4.78, 5) is 12.8. The van der Waals surface area contributed by atoms with Gasteiger partial charge in [0.2, 0.25) is 24.2 Å². The molecule has 2 aromatic carbocycles. The van der Waals surface area contributed by atoms with Gasteiger partial charge in [0.05, 0.1) is 4.11 Å². The molecule has 0 fully saturated rings. The quantitative estimate of drug-likeness (QED) is 0.765. The molecule has 0 spiro atoms. The van der Waals surface area contributed by atoms with E-state index in [1.807, 2.05) is 0 Å². The number of hydrogen-bond donors (Lipinski definition) is 1. The van der Waals surface area contributed by atoms with E-state index >= 15 is 0 Å². The van der Waals surface area contributed by atoms with E-state index in [0.29, 0.717) is 5.75 Å². The van der Waals surface area contributed by atoms with Crippen molar-refractivity contribution in [2.24, 2.45) is 5.73 Å². The first-order chi connectivity index (χ1) is 14.1. The Labute approximate surface area is 159 Å². The fourth-order valence-corrected chi connectivity index (χ4v) is 3.35. The van der Waals surface area contributed by atoms with E-state index < -0.39 is 39.3 Å². The zero-order valence-corrected chi connectivity index (χ0v) is 14.5. The number of fused-ring (bicyclic) bond motifs is 1. The second kappa shape index (κ2) is 6.51. The highest BCUT2D eigenvalue weighted by Gasteiger charge is 2.40. The van der Waals surface area contributed by atoms with Gasteiger partial charge in [0.1, 0.15) is 5.70 Å². The predicted octanol–water partition coefficient (Wildman–Crippen LogP) is 1.73. The second-order valence-corrected chi connectivity index (χ2v) is 6.81. The largest absolute Gasteiger partial charge is 0.460 e. The Morgan fingerprint density at radius 1 is 1.19 bits per heavy atom. The van der Waals surface area contributed by atoms with Crippen LogP contribution >= 0.6 is 0 Å². The molecule has 0 radical (unpaired) electrons. The third-order valence-corrected chi connectivity index (χ3v) is 4.56. The fourth-order valence-electron chi connectivity index (χ4n) is 2.51. The van der Waals surface area contributed by atoms with Crippen LogP contribution in [0, 0.1) is 0 Å². The van der Waals surface area contributed by atoms with Crippen molar-refractivity contribution in [1.29, 1.82) is 0 Å². The van der Waals surface area contributed by atoms with Crippen LogP contribution in [0.3, 0.4) is 0 Å². The molecule has 0 amide bonds. The molecule has 0 saturated heterocycles. The van der Waals surface area contributed by atoms with Gasteiger partial charge in [-0.25, -0.2) is 0 Å². The Morgan fingerprint density at radius 2 is 1.93 bits per heavy atom. The number of rotatable bonds is 5. The standard InChI is InChI=1S/C18H15NO7S/c19-18-17(26-27(21,22)9-11-4-2-1-3-5-11)15(20)16(25-18)12-6-7-13-14(8-12)24-10-23-13/h1-8,16H,9-10,19H2/i9D2,16D. The predicted molar refractivity (Wildman–Crippen MR) is 92.8 cm³/mol. The lowest BCUT2D eigenvalue weighted by Gasteiger charge is -2.10. The first kappa shape index (κ1) is 13.9. The van der Waals surface area contributed by atoms with Crippen LogP contribution in [0.2, 0.25) is 0 Å². The number of benzene rings is 2. The number of carbonyl (C=O) groups is 1. The topological polar surface area (TPSA) is 114 Å². The normalized spacial score (nSPS) is 23.4. The average Bonchev–Trinajstić information content (AvgIpc) is 3.27.